The van der Waals surface area contributed by atoms with Gasteiger partial charge in [-0.2, -0.15) is 8.42 Å². The summed E-state index contributed by atoms with van der Waals surface area (Å²) >= 11 is 7.79. The smallest absolute Gasteiger partial charge is 0.333 e. The van der Waals surface area contributed by atoms with Crippen LogP contribution in [-0.2, 0) is 20.9 Å². The highest BCUT2D eigenvalue weighted by Gasteiger charge is 2.42. The summed E-state index contributed by atoms with van der Waals surface area (Å²) < 4.78 is 27.3. The molecule has 1 aliphatic carbocycles. The molecule has 3 aromatic rings. The Morgan fingerprint density at radius 3 is 2.84 bits per heavy atom. The standard InChI is InChI=1S/C24H26ClN5O6S2/c25-23-15(19-14-4-2-1-3-12(14)5-6-28-19)8-18(37-23)21(32)16-9-27-11-29-24(16)30-17-7-13(20(31)22(17)33)10-36-38(26,34)35/h1-4,8-9,11,13,17,19-20,22,28,31,33H,5-7,10H2,(H2,26,34,35)(H,27,29,30)/t13-,17-,19+,20-,22-/m1/s1. The molecule has 3 heterocycles. The molecule has 1 aliphatic heterocycles. The summed E-state index contributed by atoms with van der Waals surface area (Å²) in [6.45, 7) is 0.399. The molecule has 14 heteroatoms. The average Bonchev–Trinajstić information content (AvgIpc) is 3.41. The van der Waals surface area contributed by atoms with E-state index in [1.165, 1.54) is 29.4 Å². The topological polar surface area (TPSA) is 177 Å². The number of nitrogens with two attached hydrogens (primary N) is 1. The molecule has 1 aromatic carbocycles. The number of aliphatic hydroxyl groups excluding tert-OH is 2. The van der Waals surface area contributed by atoms with Gasteiger partial charge in [0.25, 0.3) is 0 Å². The number of rotatable bonds is 8. The van der Waals surface area contributed by atoms with Gasteiger partial charge in [0.15, 0.2) is 0 Å². The normalized spacial score (nSPS) is 25.2. The molecule has 0 saturated heterocycles. The van der Waals surface area contributed by atoms with Crippen LogP contribution in [0.1, 0.15) is 44.4 Å². The van der Waals surface area contributed by atoms with E-state index in [1.54, 1.807) is 6.07 Å². The number of aromatic nitrogens is 2. The number of thiophene rings is 1. The van der Waals surface area contributed by atoms with E-state index in [0.29, 0.717) is 9.21 Å². The van der Waals surface area contributed by atoms with Crippen LogP contribution in [0.4, 0.5) is 5.82 Å². The molecule has 0 amide bonds. The van der Waals surface area contributed by atoms with Gasteiger partial charge in [-0.15, -0.1) is 11.3 Å². The Morgan fingerprint density at radius 1 is 1.26 bits per heavy atom. The van der Waals surface area contributed by atoms with Gasteiger partial charge in [-0.05, 0) is 30.0 Å². The maximum absolute atomic E-state index is 13.6. The maximum Gasteiger partial charge on any atom is 0.333 e. The van der Waals surface area contributed by atoms with Gasteiger partial charge in [-0.3, -0.25) is 8.98 Å². The van der Waals surface area contributed by atoms with E-state index in [0.717, 1.165) is 24.1 Å². The second-order valence-corrected chi connectivity index (χ2v) is 12.2. The van der Waals surface area contributed by atoms with Crippen LogP contribution in [0, 0.1) is 5.92 Å². The quantitative estimate of drug-likeness (QED) is 0.245. The summed E-state index contributed by atoms with van der Waals surface area (Å²) in [5.41, 5.74) is 3.34. The van der Waals surface area contributed by atoms with E-state index >= 15 is 0 Å². The molecular formula is C24H26ClN5O6S2. The molecule has 1 saturated carbocycles. The van der Waals surface area contributed by atoms with Crippen molar-refractivity contribution < 1.29 is 27.6 Å². The van der Waals surface area contributed by atoms with E-state index in [9.17, 15) is 23.4 Å². The van der Waals surface area contributed by atoms with Crippen molar-refractivity contribution in [2.24, 2.45) is 11.1 Å². The van der Waals surface area contributed by atoms with E-state index in [4.69, 9.17) is 16.7 Å². The molecule has 1 fully saturated rings. The number of hydrogen-bond donors (Lipinski definition) is 5. The predicted octanol–water partition coefficient (Wildman–Crippen LogP) is 1.40. The summed E-state index contributed by atoms with van der Waals surface area (Å²) in [5.74, 6) is -0.884. The lowest BCUT2D eigenvalue weighted by Crippen LogP contribution is -2.36. The highest BCUT2D eigenvalue weighted by Crippen LogP contribution is 2.39. The lowest BCUT2D eigenvalue weighted by Gasteiger charge is -2.26. The Balaban J connectivity index is 1.36. The Kier molecular flexibility index (Phi) is 7.80. The molecule has 38 heavy (non-hydrogen) atoms. The maximum atomic E-state index is 13.6. The Bertz CT molecular complexity index is 1450. The van der Waals surface area contributed by atoms with Crippen molar-refractivity contribution in [3.05, 3.63) is 74.3 Å². The Labute approximate surface area is 228 Å². The third-order valence-corrected chi connectivity index (χ3v) is 8.74. The molecule has 0 radical (unpaired) electrons. The third-order valence-electron chi connectivity index (χ3n) is 6.88. The number of carbonyl (C=O) groups is 1. The van der Waals surface area contributed by atoms with Crippen molar-refractivity contribution in [2.75, 3.05) is 18.5 Å². The van der Waals surface area contributed by atoms with Crippen LogP contribution in [0.3, 0.4) is 0 Å². The number of hydrogen-bond acceptors (Lipinski definition) is 11. The van der Waals surface area contributed by atoms with E-state index < -0.39 is 34.5 Å². The SMILES string of the molecule is NS(=O)(=O)OC[C@H]1C[C@@H](Nc2ncncc2C(=O)c2cc([C@H]3NCCc4ccccc43)c(Cl)s2)[C@@H](O)[C@@H]1O. The second-order valence-electron chi connectivity index (χ2n) is 9.29. The molecule has 2 aromatic heterocycles. The van der Waals surface area contributed by atoms with Crippen LogP contribution >= 0.6 is 22.9 Å². The largest absolute Gasteiger partial charge is 0.390 e. The van der Waals surface area contributed by atoms with Gasteiger partial charge < -0.3 is 20.8 Å². The molecule has 0 spiro atoms. The minimum atomic E-state index is -4.20. The number of nitrogens with zero attached hydrogens (tertiary/aromatic N) is 2. The van der Waals surface area contributed by atoms with Crippen molar-refractivity contribution in [3.8, 4) is 0 Å². The monoisotopic (exact) mass is 579 g/mol. The Morgan fingerprint density at radius 2 is 2.05 bits per heavy atom. The minimum absolute atomic E-state index is 0.138. The number of aliphatic hydroxyl groups is 2. The summed E-state index contributed by atoms with van der Waals surface area (Å²) in [4.78, 5) is 22.1. The average molecular weight is 580 g/mol. The van der Waals surface area contributed by atoms with Gasteiger partial charge in [0.2, 0.25) is 5.78 Å². The summed E-state index contributed by atoms with van der Waals surface area (Å²) in [6.07, 6.45) is 1.17. The first-order valence-electron chi connectivity index (χ1n) is 11.9. The number of benzene rings is 1. The molecule has 0 unspecified atom stereocenters. The third kappa shape index (κ3) is 5.60. The van der Waals surface area contributed by atoms with Crippen molar-refractivity contribution in [3.63, 3.8) is 0 Å². The second kappa shape index (κ2) is 10.9. The van der Waals surface area contributed by atoms with Crippen molar-refractivity contribution in [1.82, 2.24) is 15.3 Å². The number of halogens is 1. The summed E-state index contributed by atoms with van der Waals surface area (Å²) in [5, 5.41) is 32.2. The molecule has 5 atom stereocenters. The lowest BCUT2D eigenvalue weighted by molar-refractivity contribution is 0.00778. The van der Waals surface area contributed by atoms with E-state index in [2.05, 4.69) is 36.9 Å². The number of anilines is 1. The van der Waals surface area contributed by atoms with Crippen LogP contribution < -0.4 is 15.8 Å². The van der Waals surface area contributed by atoms with Gasteiger partial charge in [0.05, 0.1) is 39.6 Å². The highest BCUT2D eigenvalue weighted by molar-refractivity contribution is 7.84. The van der Waals surface area contributed by atoms with Gasteiger partial charge in [-0.25, -0.2) is 15.1 Å². The molecule has 11 nitrogen and oxygen atoms in total. The minimum Gasteiger partial charge on any atom is -0.390 e. The first-order chi connectivity index (χ1) is 18.1. The van der Waals surface area contributed by atoms with Gasteiger partial charge >= 0.3 is 10.3 Å². The fourth-order valence-electron chi connectivity index (χ4n) is 5.01. The molecular weight excluding hydrogens is 554 g/mol. The molecule has 0 bridgehead atoms. The lowest BCUT2D eigenvalue weighted by atomic mass is 9.91. The zero-order chi connectivity index (χ0) is 27.0. The van der Waals surface area contributed by atoms with Gasteiger partial charge in [0.1, 0.15) is 18.2 Å². The van der Waals surface area contributed by atoms with Crippen LogP contribution in [0.5, 0.6) is 0 Å². The fraction of sp³-hybridized carbons (Fsp3) is 0.375. The van der Waals surface area contributed by atoms with Crippen LogP contribution in [-0.4, -0.2) is 65.8 Å². The zero-order valence-electron chi connectivity index (χ0n) is 20.0. The van der Waals surface area contributed by atoms with Crippen LogP contribution in [0.2, 0.25) is 4.34 Å². The number of nitrogens with one attached hydrogen (secondary N) is 2. The number of fused-ring (bicyclic) bond motifs is 1. The first kappa shape index (κ1) is 27.1. The molecule has 2 aliphatic rings. The van der Waals surface area contributed by atoms with Crippen LogP contribution in [0.15, 0.2) is 42.9 Å². The zero-order valence-corrected chi connectivity index (χ0v) is 22.3. The fourth-order valence-corrected chi connectivity index (χ4v) is 6.66. The first-order valence-corrected chi connectivity index (χ1v) is 14.5. The van der Waals surface area contributed by atoms with Crippen molar-refractivity contribution >= 4 is 44.8 Å². The molecule has 6 N–H and O–H groups in total. The van der Waals surface area contributed by atoms with Gasteiger partial charge in [-0.1, -0.05) is 35.9 Å². The predicted molar refractivity (Wildman–Crippen MR) is 141 cm³/mol. The van der Waals surface area contributed by atoms with E-state index in [1.807, 2.05) is 12.1 Å². The summed E-state index contributed by atoms with van der Waals surface area (Å²) in [7, 11) is -4.20. The molecule has 5 rings (SSSR count). The van der Waals surface area contributed by atoms with Crippen molar-refractivity contribution in [2.45, 2.75) is 37.1 Å². The Hall–Kier alpha value is -2.49. The summed E-state index contributed by atoms with van der Waals surface area (Å²) in [6, 6.07) is 9.04. The van der Waals surface area contributed by atoms with Crippen molar-refractivity contribution in [1.29, 1.82) is 0 Å². The number of ketones is 1. The highest BCUT2D eigenvalue weighted by atomic mass is 35.5. The van der Waals surface area contributed by atoms with E-state index in [-0.39, 0.29) is 36.2 Å². The number of carbonyl (C=O) groups excluding carboxylic acids is 1. The van der Waals surface area contributed by atoms with Gasteiger partial charge in [0, 0.05) is 24.2 Å². The molecule has 202 valence electrons. The van der Waals surface area contributed by atoms with Crippen LogP contribution in [0.25, 0.3) is 0 Å².